The number of carbonyl (C=O) groups is 2. The van der Waals surface area contributed by atoms with Crippen molar-refractivity contribution in [2.75, 3.05) is 9.96 Å². The highest BCUT2D eigenvalue weighted by atomic mass is 35.5. The number of amides is 2. The number of carbonyl (C=O) groups excluding carboxylic acids is 2. The Bertz CT molecular complexity index is 1190. The summed E-state index contributed by atoms with van der Waals surface area (Å²) in [5.74, 6) is -2.74. The van der Waals surface area contributed by atoms with Crippen molar-refractivity contribution < 1.29 is 18.8 Å². The second kappa shape index (κ2) is 7.64. The summed E-state index contributed by atoms with van der Waals surface area (Å²) in [6.07, 6.45) is -1.11. The summed E-state index contributed by atoms with van der Waals surface area (Å²) in [7, 11) is 0. The SMILES string of the molecule is O=C1[C@H]2[C@@H](c3ccc(Cl)cc3Cl)N(c3ccccc3)O[C@H]2C(=O)N1c1ccccc1F. The molecule has 3 aromatic carbocycles. The highest BCUT2D eigenvalue weighted by molar-refractivity contribution is 6.35. The molecule has 3 atom stereocenters. The lowest BCUT2D eigenvalue weighted by Crippen LogP contribution is -2.37. The largest absolute Gasteiger partial charge is 0.273 e. The van der Waals surface area contributed by atoms with Crippen LogP contribution in [0, 0.1) is 11.7 Å². The van der Waals surface area contributed by atoms with Crippen LogP contribution < -0.4 is 9.96 Å². The first-order valence-electron chi connectivity index (χ1n) is 9.55. The molecule has 2 heterocycles. The van der Waals surface area contributed by atoms with Gasteiger partial charge in [0.1, 0.15) is 11.7 Å². The minimum atomic E-state index is -1.11. The fraction of sp³-hybridized carbons (Fsp3) is 0.130. The fourth-order valence-corrected chi connectivity index (χ4v) is 4.66. The van der Waals surface area contributed by atoms with Gasteiger partial charge in [0.05, 0.1) is 17.4 Å². The number of anilines is 2. The first kappa shape index (κ1) is 20.0. The van der Waals surface area contributed by atoms with Crippen molar-refractivity contribution in [1.82, 2.24) is 0 Å². The minimum Gasteiger partial charge on any atom is -0.273 e. The van der Waals surface area contributed by atoms with E-state index in [0.717, 1.165) is 4.90 Å². The number of hydrogen-bond donors (Lipinski definition) is 0. The third-order valence-electron chi connectivity index (χ3n) is 5.50. The molecule has 31 heavy (non-hydrogen) atoms. The maximum Gasteiger partial charge on any atom is 0.266 e. The molecule has 3 aromatic rings. The molecule has 5 rings (SSSR count). The molecule has 0 aromatic heterocycles. The predicted octanol–water partition coefficient (Wildman–Crippen LogP) is 5.18. The highest BCUT2D eigenvalue weighted by Crippen LogP contribution is 2.49. The fourth-order valence-electron chi connectivity index (χ4n) is 4.14. The molecule has 8 heteroatoms. The van der Waals surface area contributed by atoms with Gasteiger partial charge in [-0.15, -0.1) is 0 Å². The van der Waals surface area contributed by atoms with Gasteiger partial charge in [0.25, 0.3) is 5.91 Å². The van der Waals surface area contributed by atoms with Crippen LogP contribution in [0.3, 0.4) is 0 Å². The van der Waals surface area contributed by atoms with Crippen LogP contribution in [0.15, 0.2) is 72.8 Å². The van der Waals surface area contributed by atoms with Crippen LogP contribution in [0.5, 0.6) is 0 Å². The molecule has 2 aliphatic heterocycles. The second-order valence-corrected chi connectivity index (χ2v) is 8.13. The zero-order valence-electron chi connectivity index (χ0n) is 15.9. The number of para-hydroxylation sites is 2. The van der Waals surface area contributed by atoms with E-state index < -0.39 is 35.7 Å². The van der Waals surface area contributed by atoms with E-state index in [1.54, 1.807) is 36.4 Å². The summed E-state index contributed by atoms with van der Waals surface area (Å²) in [5, 5.41) is 2.31. The number of hydrogen-bond acceptors (Lipinski definition) is 4. The van der Waals surface area contributed by atoms with Crippen LogP contribution in [-0.2, 0) is 14.4 Å². The topological polar surface area (TPSA) is 49.9 Å². The Morgan fingerprint density at radius 2 is 1.58 bits per heavy atom. The molecule has 2 saturated heterocycles. The van der Waals surface area contributed by atoms with Crippen LogP contribution in [0.1, 0.15) is 11.6 Å². The normalized spacial score (nSPS) is 22.9. The van der Waals surface area contributed by atoms with Gasteiger partial charge in [-0.1, -0.05) is 59.6 Å². The molecule has 2 fully saturated rings. The van der Waals surface area contributed by atoms with Crippen LogP contribution >= 0.6 is 23.2 Å². The van der Waals surface area contributed by atoms with Gasteiger partial charge in [0.2, 0.25) is 5.91 Å². The molecular formula is C23H15Cl2FN2O3. The summed E-state index contributed by atoms with van der Waals surface area (Å²) < 4.78 is 14.4. The summed E-state index contributed by atoms with van der Waals surface area (Å²) in [6, 6.07) is 19.0. The lowest BCUT2D eigenvalue weighted by atomic mass is 9.90. The molecule has 0 radical (unpaired) electrons. The van der Waals surface area contributed by atoms with E-state index in [1.165, 1.54) is 23.3 Å². The van der Waals surface area contributed by atoms with Crippen molar-refractivity contribution in [3.05, 3.63) is 94.2 Å². The Morgan fingerprint density at radius 1 is 0.871 bits per heavy atom. The third-order valence-corrected chi connectivity index (χ3v) is 6.06. The second-order valence-electron chi connectivity index (χ2n) is 7.29. The maximum absolute atomic E-state index is 14.4. The zero-order valence-corrected chi connectivity index (χ0v) is 17.4. The van der Waals surface area contributed by atoms with Crippen molar-refractivity contribution in [3.63, 3.8) is 0 Å². The van der Waals surface area contributed by atoms with E-state index in [0.29, 0.717) is 21.3 Å². The van der Waals surface area contributed by atoms with E-state index in [2.05, 4.69) is 0 Å². The first-order valence-corrected chi connectivity index (χ1v) is 10.3. The van der Waals surface area contributed by atoms with Crippen LogP contribution in [-0.4, -0.2) is 17.9 Å². The van der Waals surface area contributed by atoms with Gasteiger partial charge in [-0.25, -0.2) is 14.4 Å². The summed E-state index contributed by atoms with van der Waals surface area (Å²) in [6.45, 7) is 0. The quantitative estimate of drug-likeness (QED) is 0.509. The lowest BCUT2D eigenvalue weighted by Gasteiger charge is -2.29. The summed E-state index contributed by atoms with van der Waals surface area (Å²) in [5.41, 5.74) is 1.15. The molecule has 0 saturated carbocycles. The van der Waals surface area contributed by atoms with Crippen molar-refractivity contribution in [3.8, 4) is 0 Å². The Balaban J connectivity index is 1.63. The van der Waals surface area contributed by atoms with E-state index in [-0.39, 0.29) is 5.69 Å². The van der Waals surface area contributed by atoms with E-state index in [9.17, 15) is 14.0 Å². The Kier molecular flexibility index (Phi) is 4.93. The van der Waals surface area contributed by atoms with E-state index in [4.69, 9.17) is 28.0 Å². The van der Waals surface area contributed by atoms with Gasteiger partial charge in [-0.05, 0) is 42.0 Å². The first-order chi connectivity index (χ1) is 15.0. The highest BCUT2D eigenvalue weighted by Gasteiger charge is 2.60. The van der Waals surface area contributed by atoms with E-state index >= 15 is 0 Å². The summed E-state index contributed by atoms with van der Waals surface area (Å²) in [4.78, 5) is 33.5. The summed E-state index contributed by atoms with van der Waals surface area (Å²) >= 11 is 12.5. The number of nitrogens with zero attached hydrogens (tertiary/aromatic N) is 2. The number of imide groups is 1. The molecule has 2 aliphatic rings. The van der Waals surface area contributed by atoms with Crippen LogP contribution in [0.4, 0.5) is 15.8 Å². The monoisotopic (exact) mass is 456 g/mol. The minimum absolute atomic E-state index is 0.0947. The van der Waals surface area contributed by atoms with Crippen LogP contribution in [0.25, 0.3) is 0 Å². The third kappa shape index (κ3) is 3.19. The van der Waals surface area contributed by atoms with Crippen molar-refractivity contribution in [1.29, 1.82) is 0 Å². The average molecular weight is 457 g/mol. The van der Waals surface area contributed by atoms with Crippen molar-refractivity contribution >= 4 is 46.4 Å². The maximum atomic E-state index is 14.4. The number of rotatable bonds is 3. The van der Waals surface area contributed by atoms with Gasteiger partial charge in [0, 0.05) is 10.0 Å². The van der Waals surface area contributed by atoms with Gasteiger partial charge in [-0.2, -0.15) is 0 Å². The van der Waals surface area contributed by atoms with Gasteiger partial charge >= 0.3 is 0 Å². The molecule has 5 nitrogen and oxygen atoms in total. The standard InChI is InChI=1S/C23H15Cl2FN2O3/c24-13-10-11-15(16(25)12-13)20-19-21(31-28(20)14-6-2-1-3-7-14)23(30)27(22(19)29)18-9-5-4-8-17(18)26/h1-12,19-21H/t19-,20+,21+/m0/s1. The molecule has 0 N–H and O–H groups in total. The number of benzene rings is 3. The molecule has 0 unspecified atom stereocenters. The molecule has 156 valence electrons. The van der Waals surface area contributed by atoms with Gasteiger partial charge in [0.15, 0.2) is 6.10 Å². The predicted molar refractivity (Wildman–Crippen MR) is 115 cm³/mol. The Labute approximate surface area is 187 Å². The Morgan fingerprint density at radius 3 is 2.29 bits per heavy atom. The van der Waals surface area contributed by atoms with Crippen molar-refractivity contribution in [2.45, 2.75) is 12.1 Å². The molecule has 0 bridgehead atoms. The van der Waals surface area contributed by atoms with Gasteiger partial charge in [-0.3, -0.25) is 14.4 Å². The lowest BCUT2D eigenvalue weighted by molar-refractivity contribution is -0.126. The number of halogens is 3. The molecule has 0 aliphatic carbocycles. The number of fused-ring (bicyclic) bond motifs is 1. The molecular weight excluding hydrogens is 442 g/mol. The average Bonchev–Trinajstić information content (AvgIpc) is 3.26. The van der Waals surface area contributed by atoms with Crippen molar-refractivity contribution in [2.24, 2.45) is 5.92 Å². The smallest absolute Gasteiger partial charge is 0.266 e. The Hall–Kier alpha value is -2.93. The molecule has 0 spiro atoms. The van der Waals surface area contributed by atoms with E-state index in [1.807, 2.05) is 18.2 Å². The van der Waals surface area contributed by atoms with Gasteiger partial charge < -0.3 is 0 Å². The zero-order chi connectivity index (χ0) is 21.7. The van der Waals surface area contributed by atoms with Crippen LogP contribution in [0.2, 0.25) is 10.0 Å². The number of hydroxylamine groups is 1. The molecule has 2 amide bonds.